The third-order valence-corrected chi connectivity index (χ3v) is 4.71. The molecule has 2 unspecified atom stereocenters. The molecule has 2 heterocycles. The Morgan fingerprint density at radius 2 is 1.96 bits per heavy atom. The third-order valence-electron chi connectivity index (χ3n) is 4.71. The van der Waals surface area contributed by atoms with Crippen LogP contribution in [0.4, 0.5) is 0 Å². The lowest BCUT2D eigenvalue weighted by Crippen LogP contribution is -2.45. The minimum Gasteiger partial charge on any atom is -0.297 e. The van der Waals surface area contributed by atoms with Crippen LogP contribution in [0.3, 0.4) is 0 Å². The van der Waals surface area contributed by atoms with Gasteiger partial charge in [-0.15, -0.1) is 0 Å². The van der Waals surface area contributed by atoms with Crippen molar-refractivity contribution in [2.75, 3.05) is 0 Å². The Kier molecular flexibility index (Phi) is 3.16. The molecule has 2 atom stereocenters. The molecule has 5 nitrogen and oxygen atoms in total. The molecule has 0 bridgehead atoms. The van der Waals surface area contributed by atoms with Crippen molar-refractivity contribution in [3.63, 3.8) is 0 Å². The first kappa shape index (κ1) is 14.5. The van der Waals surface area contributed by atoms with Gasteiger partial charge in [0.05, 0.1) is 17.1 Å². The van der Waals surface area contributed by atoms with Gasteiger partial charge in [0.25, 0.3) is 0 Å². The summed E-state index contributed by atoms with van der Waals surface area (Å²) in [5.41, 5.74) is 0.778. The minimum absolute atomic E-state index is 0.169. The van der Waals surface area contributed by atoms with Crippen molar-refractivity contribution in [1.82, 2.24) is 15.2 Å². The second kappa shape index (κ2) is 5.23. The van der Waals surface area contributed by atoms with Crippen LogP contribution in [0.15, 0.2) is 60.9 Å². The Morgan fingerprint density at radius 1 is 1.12 bits per heavy atom. The highest BCUT2D eigenvalue weighted by Crippen LogP contribution is 2.38. The molecule has 3 aromatic rings. The molecule has 0 aliphatic heterocycles. The van der Waals surface area contributed by atoms with Gasteiger partial charge in [0, 0.05) is 17.8 Å². The molecule has 4 rings (SSSR count). The number of rotatable bonds is 2. The van der Waals surface area contributed by atoms with Crippen LogP contribution >= 0.6 is 0 Å². The molecule has 1 aliphatic carbocycles. The Balaban J connectivity index is 1.88. The van der Waals surface area contributed by atoms with Crippen LogP contribution in [0, 0.1) is 0 Å². The summed E-state index contributed by atoms with van der Waals surface area (Å²) in [6.07, 6.45) is 6.47. The van der Waals surface area contributed by atoms with Gasteiger partial charge in [-0.3, -0.25) is 19.7 Å². The minimum atomic E-state index is -1.29. The van der Waals surface area contributed by atoms with Crippen molar-refractivity contribution in [1.29, 1.82) is 0 Å². The van der Waals surface area contributed by atoms with Crippen LogP contribution in [-0.2, 0) is 15.0 Å². The van der Waals surface area contributed by atoms with Crippen LogP contribution in [0.5, 0.6) is 0 Å². The number of para-hydroxylation sites is 1. The number of carbonyl (C=O) groups excluding carboxylic acids is 2. The van der Waals surface area contributed by atoms with Crippen molar-refractivity contribution in [3.8, 4) is 0 Å². The highest BCUT2D eigenvalue weighted by Gasteiger charge is 2.48. The smallest absolute Gasteiger partial charge is 0.174 e. The second-order valence-corrected chi connectivity index (χ2v) is 6.09. The average molecular weight is 317 g/mol. The van der Waals surface area contributed by atoms with Crippen molar-refractivity contribution in [2.45, 2.75) is 18.3 Å². The van der Waals surface area contributed by atoms with Gasteiger partial charge in [0.1, 0.15) is 5.41 Å². The summed E-state index contributed by atoms with van der Waals surface area (Å²) in [6, 6.07) is 11.1. The molecule has 0 saturated heterocycles. The Hall–Kier alpha value is -3.08. The number of ketones is 2. The van der Waals surface area contributed by atoms with Crippen LogP contribution in [0.1, 0.15) is 24.1 Å². The zero-order valence-corrected chi connectivity index (χ0v) is 13.1. The standard InChI is InChI=1S/C19H15N3O2/c1-19(17-14-6-2-3-7-15(14)21-22-17)16(23)9-8-13(18(19)24)12-5-4-10-20-11-12/h2-11,13H,1H3,(H,21,22). The number of carbonyl (C=O) groups is 2. The summed E-state index contributed by atoms with van der Waals surface area (Å²) >= 11 is 0. The van der Waals surface area contributed by atoms with E-state index in [9.17, 15) is 9.59 Å². The summed E-state index contributed by atoms with van der Waals surface area (Å²) in [4.78, 5) is 30.0. The predicted molar refractivity (Wildman–Crippen MR) is 89.6 cm³/mol. The number of aromatic amines is 1. The van der Waals surface area contributed by atoms with Gasteiger partial charge in [0.15, 0.2) is 11.6 Å². The molecule has 0 radical (unpaired) electrons. The summed E-state index contributed by atoms with van der Waals surface area (Å²) < 4.78 is 0. The number of nitrogens with zero attached hydrogens (tertiary/aromatic N) is 2. The number of hydrogen-bond donors (Lipinski definition) is 1. The maximum Gasteiger partial charge on any atom is 0.174 e. The SMILES string of the molecule is CC1(c2[nH]nc3ccccc23)C(=O)C=CC(c2cccnc2)C1=O. The predicted octanol–water partition coefficient (Wildman–Crippen LogP) is 2.71. The van der Waals surface area contributed by atoms with Crippen molar-refractivity contribution >= 4 is 22.5 Å². The number of allylic oxidation sites excluding steroid dienone is 2. The fourth-order valence-corrected chi connectivity index (χ4v) is 3.28. The third kappa shape index (κ3) is 1.94. The van der Waals surface area contributed by atoms with Crippen LogP contribution in [0.25, 0.3) is 10.9 Å². The molecular weight excluding hydrogens is 302 g/mol. The van der Waals surface area contributed by atoms with Gasteiger partial charge in [-0.1, -0.05) is 30.3 Å². The number of hydrogen-bond acceptors (Lipinski definition) is 4. The maximum atomic E-state index is 13.3. The Bertz CT molecular complexity index is 974. The molecule has 0 spiro atoms. The van der Waals surface area contributed by atoms with Gasteiger partial charge in [-0.25, -0.2) is 0 Å². The van der Waals surface area contributed by atoms with Crippen LogP contribution < -0.4 is 0 Å². The second-order valence-electron chi connectivity index (χ2n) is 6.09. The number of aromatic nitrogens is 3. The molecule has 1 N–H and O–H groups in total. The van der Waals surface area contributed by atoms with Crippen LogP contribution in [-0.4, -0.2) is 26.7 Å². The first-order valence-corrected chi connectivity index (χ1v) is 7.73. The normalized spacial score (nSPS) is 23.8. The molecule has 24 heavy (non-hydrogen) atoms. The molecule has 0 fully saturated rings. The van der Waals surface area contributed by atoms with E-state index in [1.165, 1.54) is 6.08 Å². The van der Waals surface area contributed by atoms with E-state index < -0.39 is 11.3 Å². The zero-order chi connectivity index (χ0) is 16.7. The van der Waals surface area contributed by atoms with E-state index in [1.54, 1.807) is 31.5 Å². The average Bonchev–Trinajstić information content (AvgIpc) is 3.05. The van der Waals surface area contributed by atoms with Crippen molar-refractivity contribution in [2.24, 2.45) is 0 Å². The highest BCUT2D eigenvalue weighted by molar-refractivity contribution is 6.22. The van der Waals surface area contributed by atoms with Gasteiger partial charge in [-0.2, -0.15) is 5.10 Å². The summed E-state index contributed by atoms with van der Waals surface area (Å²) in [5, 5.41) is 7.95. The van der Waals surface area contributed by atoms with E-state index in [1.807, 2.05) is 30.3 Å². The van der Waals surface area contributed by atoms with Crippen LogP contribution in [0.2, 0.25) is 0 Å². The Labute approximate surface area is 138 Å². The molecule has 2 aromatic heterocycles. The summed E-state index contributed by atoms with van der Waals surface area (Å²) in [6.45, 7) is 1.67. The fourth-order valence-electron chi connectivity index (χ4n) is 3.28. The van der Waals surface area contributed by atoms with E-state index in [4.69, 9.17) is 0 Å². The van der Waals surface area contributed by atoms with Gasteiger partial charge >= 0.3 is 0 Å². The monoisotopic (exact) mass is 317 g/mol. The van der Waals surface area contributed by atoms with E-state index >= 15 is 0 Å². The lowest BCUT2D eigenvalue weighted by atomic mass is 9.68. The first-order chi connectivity index (χ1) is 11.6. The molecule has 0 saturated carbocycles. The Morgan fingerprint density at radius 3 is 2.75 bits per heavy atom. The molecule has 118 valence electrons. The largest absolute Gasteiger partial charge is 0.297 e. The summed E-state index contributed by atoms with van der Waals surface area (Å²) in [5.74, 6) is -0.900. The number of nitrogens with one attached hydrogen (secondary N) is 1. The van der Waals surface area contributed by atoms with Gasteiger partial charge in [-0.05, 0) is 30.7 Å². The topological polar surface area (TPSA) is 75.7 Å². The number of Topliss-reactive ketones (excluding diaryl/α,β-unsaturated/α-hetero) is 1. The molecule has 0 amide bonds. The first-order valence-electron chi connectivity index (χ1n) is 7.73. The van der Waals surface area contributed by atoms with Gasteiger partial charge in [0.2, 0.25) is 0 Å². The molecular formula is C19H15N3O2. The molecule has 1 aromatic carbocycles. The molecule has 1 aliphatic rings. The zero-order valence-electron chi connectivity index (χ0n) is 13.1. The van der Waals surface area contributed by atoms with E-state index in [2.05, 4.69) is 15.2 Å². The van der Waals surface area contributed by atoms with Crippen molar-refractivity contribution in [3.05, 3.63) is 72.2 Å². The fraction of sp³-hybridized carbons (Fsp3) is 0.158. The number of H-pyrrole nitrogens is 1. The van der Waals surface area contributed by atoms with E-state index in [0.717, 1.165) is 16.5 Å². The molecule has 5 heteroatoms. The van der Waals surface area contributed by atoms with E-state index in [-0.39, 0.29) is 11.6 Å². The lowest BCUT2D eigenvalue weighted by Gasteiger charge is -2.31. The number of pyridine rings is 1. The number of benzene rings is 1. The lowest BCUT2D eigenvalue weighted by molar-refractivity contribution is -0.133. The van der Waals surface area contributed by atoms with Gasteiger partial charge < -0.3 is 0 Å². The summed E-state index contributed by atoms with van der Waals surface area (Å²) in [7, 11) is 0. The maximum absolute atomic E-state index is 13.3. The van der Waals surface area contributed by atoms with Crippen molar-refractivity contribution < 1.29 is 9.59 Å². The van der Waals surface area contributed by atoms with E-state index in [0.29, 0.717) is 5.69 Å². The quantitative estimate of drug-likeness (QED) is 0.737. The highest BCUT2D eigenvalue weighted by atomic mass is 16.2. The number of fused-ring (bicyclic) bond motifs is 1.